The van der Waals surface area contributed by atoms with Crippen LogP contribution < -0.4 is 10.1 Å². The summed E-state index contributed by atoms with van der Waals surface area (Å²) in [4.78, 5) is 14.0. The lowest BCUT2D eigenvalue weighted by molar-refractivity contribution is 0.178. The number of piperidine rings is 1. The fraction of sp³-hybridized carbons (Fsp3) is 0.344. The average molecular weight is 603 g/mol. The number of hydrogen-bond donors (Lipinski definition) is 1. The molecular weight excluding hydrogens is 571 g/mol. The van der Waals surface area contributed by atoms with Crippen LogP contribution in [0.5, 0.6) is 5.75 Å². The van der Waals surface area contributed by atoms with Crippen LogP contribution in [-0.4, -0.2) is 44.3 Å². The molecule has 0 unspecified atom stereocenters. The Bertz CT molecular complexity index is 1740. The molecule has 0 bridgehead atoms. The molecule has 1 aliphatic heterocycles. The van der Waals surface area contributed by atoms with Crippen molar-refractivity contribution in [3.05, 3.63) is 82.6 Å². The van der Waals surface area contributed by atoms with Crippen molar-refractivity contribution in [1.29, 1.82) is 0 Å². The van der Waals surface area contributed by atoms with E-state index in [1.807, 2.05) is 24.3 Å². The van der Waals surface area contributed by atoms with Gasteiger partial charge in [0.25, 0.3) is 0 Å². The number of aryl methyl sites for hydroxylation is 2. The molecule has 0 amide bonds. The number of nitrogens with one attached hydrogen (secondary N) is 1. The summed E-state index contributed by atoms with van der Waals surface area (Å²) in [6.45, 7) is 6.98. The predicted octanol–water partition coefficient (Wildman–Crippen LogP) is 7.50. The lowest BCUT2D eigenvalue weighted by Crippen LogP contribution is -2.34. The van der Waals surface area contributed by atoms with Gasteiger partial charge < -0.3 is 15.0 Å². The number of thiophene rings is 1. The minimum atomic E-state index is -0.290. The minimum Gasteiger partial charge on any atom is -0.487 e. The molecule has 0 radical (unpaired) electrons. The molecule has 7 nitrogen and oxygen atoms in total. The van der Waals surface area contributed by atoms with Crippen LogP contribution in [0.1, 0.15) is 36.6 Å². The Kier molecular flexibility index (Phi) is 7.56. The maximum absolute atomic E-state index is 13.5. The zero-order chi connectivity index (χ0) is 28.6. The third-order valence-corrected chi connectivity index (χ3v) is 9.83. The summed E-state index contributed by atoms with van der Waals surface area (Å²) in [5.41, 5.74) is 5.24. The molecule has 1 saturated heterocycles. The van der Waals surface area contributed by atoms with E-state index in [0.29, 0.717) is 16.7 Å². The third kappa shape index (κ3) is 5.48. The van der Waals surface area contributed by atoms with Crippen molar-refractivity contribution in [1.82, 2.24) is 24.6 Å². The normalized spacial score (nSPS) is 15.5. The van der Waals surface area contributed by atoms with Crippen molar-refractivity contribution in [2.45, 2.75) is 45.8 Å². The van der Waals surface area contributed by atoms with Gasteiger partial charge in [-0.1, -0.05) is 30.7 Å². The second-order valence-electron chi connectivity index (χ2n) is 11.1. The molecule has 1 aliphatic carbocycles. The van der Waals surface area contributed by atoms with E-state index in [1.54, 1.807) is 23.7 Å². The van der Waals surface area contributed by atoms with Gasteiger partial charge >= 0.3 is 0 Å². The van der Waals surface area contributed by atoms with Gasteiger partial charge in [0.1, 0.15) is 35.1 Å². The molecule has 0 atom stereocenters. The SMILES string of the molecule is CCN1CCC(Cn2cc3c(n2)CCc2c-3sc3ncnc(Nc4ccc(OCc5cccc(F)c5)c(Cl)c4)c23)CC1. The predicted molar refractivity (Wildman–Crippen MR) is 166 cm³/mol. The Balaban J connectivity index is 1.10. The van der Waals surface area contributed by atoms with Gasteiger partial charge in [0, 0.05) is 28.9 Å². The van der Waals surface area contributed by atoms with Gasteiger partial charge in [0.05, 0.1) is 16.1 Å². The molecule has 0 spiro atoms. The Morgan fingerprint density at radius 1 is 1.12 bits per heavy atom. The molecule has 0 saturated carbocycles. The first-order valence-electron chi connectivity index (χ1n) is 14.5. The highest BCUT2D eigenvalue weighted by Crippen LogP contribution is 2.45. The summed E-state index contributed by atoms with van der Waals surface area (Å²) in [7, 11) is 0. The van der Waals surface area contributed by atoms with Gasteiger partial charge in [0.2, 0.25) is 0 Å². The molecule has 216 valence electrons. The molecule has 3 aromatic heterocycles. The molecule has 1 fully saturated rings. The van der Waals surface area contributed by atoms with E-state index in [-0.39, 0.29) is 12.4 Å². The minimum absolute atomic E-state index is 0.231. The monoisotopic (exact) mass is 602 g/mol. The van der Waals surface area contributed by atoms with Crippen molar-refractivity contribution < 1.29 is 9.13 Å². The van der Waals surface area contributed by atoms with Crippen LogP contribution in [0.15, 0.2) is 55.0 Å². The van der Waals surface area contributed by atoms with Crippen LogP contribution in [0.2, 0.25) is 5.02 Å². The first-order valence-corrected chi connectivity index (χ1v) is 15.7. The van der Waals surface area contributed by atoms with E-state index in [9.17, 15) is 4.39 Å². The topological polar surface area (TPSA) is 68.1 Å². The lowest BCUT2D eigenvalue weighted by atomic mass is 9.95. The highest BCUT2D eigenvalue weighted by atomic mass is 35.5. The van der Waals surface area contributed by atoms with Crippen molar-refractivity contribution >= 4 is 44.7 Å². The van der Waals surface area contributed by atoms with E-state index < -0.39 is 0 Å². The number of nitrogens with zero attached hydrogens (tertiary/aromatic N) is 5. The molecule has 2 aromatic carbocycles. The Morgan fingerprint density at radius 3 is 2.81 bits per heavy atom. The summed E-state index contributed by atoms with van der Waals surface area (Å²) in [5, 5.41) is 10.0. The smallest absolute Gasteiger partial charge is 0.142 e. The van der Waals surface area contributed by atoms with Gasteiger partial charge in [-0.15, -0.1) is 11.3 Å². The van der Waals surface area contributed by atoms with Crippen molar-refractivity contribution in [3.63, 3.8) is 0 Å². The molecule has 42 heavy (non-hydrogen) atoms. The molecule has 10 heteroatoms. The average Bonchev–Trinajstić information content (AvgIpc) is 3.59. The summed E-state index contributed by atoms with van der Waals surface area (Å²) in [5.74, 6) is 1.69. The van der Waals surface area contributed by atoms with E-state index >= 15 is 0 Å². The number of anilines is 2. The number of benzene rings is 2. The second-order valence-corrected chi connectivity index (χ2v) is 12.5. The lowest BCUT2D eigenvalue weighted by Gasteiger charge is -2.30. The molecule has 7 rings (SSSR count). The number of hydrogen-bond acceptors (Lipinski definition) is 7. The summed E-state index contributed by atoms with van der Waals surface area (Å²) >= 11 is 8.28. The van der Waals surface area contributed by atoms with Gasteiger partial charge in [-0.2, -0.15) is 5.10 Å². The van der Waals surface area contributed by atoms with Crippen LogP contribution in [0.4, 0.5) is 15.9 Å². The summed E-state index contributed by atoms with van der Waals surface area (Å²) < 4.78 is 21.5. The van der Waals surface area contributed by atoms with E-state index in [4.69, 9.17) is 21.4 Å². The highest BCUT2D eigenvalue weighted by molar-refractivity contribution is 7.22. The summed E-state index contributed by atoms with van der Waals surface area (Å²) in [6, 6.07) is 11.9. The number of halogens is 2. The summed E-state index contributed by atoms with van der Waals surface area (Å²) in [6.07, 6.45) is 8.15. The Morgan fingerprint density at radius 2 is 2.00 bits per heavy atom. The highest BCUT2D eigenvalue weighted by Gasteiger charge is 2.27. The van der Waals surface area contributed by atoms with E-state index in [0.717, 1.165) is 53.2 Å². The molecule has 2 aliphatic rings. The zero-order valence-corrected chi connectivity index (χ0v) is 25.0. The van der Waals surface area contributed by atoms with Crippen LogP contribution >= 0.6 is 22.9 Å². The molecular formula is C32H32ClFN6OS. The van der Waals surface area contributed by atoms with Gasteiger partial charge in [0.15, 0.2) is 0 Å². The van der Waals surface area contributed by atoms with Gasteiger partial charge in [-0.05, 0) is 92.7 Å². The molecule has 1 N–H and O–H groups in total. The number of ether oxygens (including phenoxy) is 1. The number of aromatic nitrogens is 4. The third-order valence-electron chi connectivity index (χ3n) is 8.36. The standard InChI is InChI=1S/C32H32ClFN6OS/c1-2-39-12-10-20(11-13-39)16-40-17-25-27(38-40)8-7-24-29-31(35-19-36-32(29)42-30(24)25)37-23-6-9-28(26(33)15-23)41-18-21-4-3-5-22(34)14-21/h3-6,9,14-15,17,19-20H,2,7-8,10-13,16,18H2,1H3,(H,35,36,37). The zero-order valence-electron chi connectivity index (χ0n) is 23.4. The maximum atomic E-state index is 13.5. The van der Waals surface area contributed by atoms with E-state index in [1.165, 1.54) is 59.8 Å². The maximum Gasteiger partial charge on any atom is 0.142 e. The van der Waals surface area contributed by atoms with E-state index in [2.05, 4.69) is 38.0 Å². The second kappa shape index (κ2) is 11.6. The Hall–Kier alpha value is -3.53. The van der Waals surface area contributed by atoms with Crippen LogP contribution in [0.3, 0.4) is 0 Å². The largest absolute Gasteiger partial charge is 0.487 e. The fourth-order valence-corrected chi connectivity index (χ4v) is 7.54. The van der Waals surface area contributed by atoms with Crippen LogP contribution in [-0.2, 0) is 26.0 Å². The number of likely N-dealkylation sites (tertiary alicyclic amines) is 1. The fourth-order valence-electron chi connectivity index (χ4n) is 6.08. The van der Waals surface area contributed by atoms with Crippen LogP contribution in [0.25, 0.3) is 20.7 Å². The van der Waals surface area contributed by atoms with Crippen molar-refractivity contribution in [2.24, 2.45) is 5.92 Å². The first-order chi connectivity index (χ1) is 20.5. The van der Waals surface area contributed by atoms with Gasteiger partial charge in [-0.3, -0.25) is 4.68 Å². The Labute approximate surface area is 253 Å². The van der Waals surface area contributed by atoms with Crippen LogP contribution in [0, 0.1) is 11.7 Å². The van der Waals surface area contributed by atoms with Crippen molar-refractivity contribution in [3.8, 4) is 16.2 Å². The number of fused-ring (bicyclic) bond motifs is 5. The van der Waals surface area contributed by atoms with Crippen molar-refractivity contribution in [2.75, 3.05) is 25.0 Å². The molecule has 5 aromatic rings. The quantitative estimate of drug-likeness (QED) is 0.198. The molecule has 4 heterocycles. The number of rotatable bonds is 8. The first kappa shape index (κ1) is 27.3. The van der Waals surface area contributed by atoms with Gasteiger partial charge in [-0.25, -0.2) is 14.4 Å².